The lowest BCUT2D eigenvalue weighted by Crippen LogP contribution is -2.36. The molecule has 2 fully saturated rings. The van der Waals surface area contributed by atoms with Gasteiger partial charge in [0.2, 0.25) is 5.91 Å². The number of rotatable bonds is 8. The second-order valence-electron chi connectivity index (χ2n) is 9.37. The summed E-state index contributed by atoms with van der Waals surface area (Å²) in [4.78, 5) is 31.2. The SMILES string of the molecule is COC(=O)[C@@]1(Cc2ccc(OCc3cc(N4CCOCC4)nc4ccccc34)c(F)c2)C[C@@H]1C(=O)NO. The molecule has 0 bridgehead atoms. The fourth-order valence-corrected chi connectivity index (χ4v) is 5.02. The minimum atomic E-state index is -1.12. The molecule has 194 valence electrons. The van der Waals surface area contributed by atoms with Gasteiger partial charge in [-0.1, -0.05) is 24.3 Å². The first-order valence-electron chi connectivity index (χ1n) is 12.1. The number of hydrogen-bond donors (Lipinski definition) is 2. The molecular weight excluding hydrogens is 481 g/mol. The van der Waals surface area contributed by atoms with Crippen molar-refractivity contribution in [3.05, 3.63) is 65.5 Å². The number of nitrogens with zero attached hydrogens (tertiary/aromatic N) is 2. The first kappa shape index (κ1) is 24.9. The number of esters is 1. The monoisotopic (exact) mass is 509 g/mol. The van der Waals surface area contributed by atoms with Crippen LogP contribution in [0, 0.1) is 17.2 Å². The highest BCUT2D eigenvalue weighted by atomic mass is 19.1. The van der Waals surface area contributed by atoms with E-state index >= 15 is 4.39 Å². The fourth-order valence-electron chi connectivity index (χ4n) is 5.02. The van der Waals surface area contributed by atoms with Crippen molar-refractivity contribution in [3.8, 4) is 5.75 Å². The zero-order valence-corrected chi connectivity index (χ0v) is 20.4. The predicted octanol–water partition coefficient (Wildman–Crippen LogP) is 3.02. The van der Waals surface area contributed by atoms with Gasteiger partial charge in [0.05, 0.1) is 37.2 Å². The molecule has 2 N–H and O–H groups in total. The number of para-hydroxylation sites is 1. The Hall–Kier alpha value is -3.76. The zero-order valence-electron chi connectivity index (χ0n) is 20.4. The molecule has 37 heavy (non-hydrogen) atoms. The number of carbonyl (C=O) groups excluding carboxylic acids is 2. The molecule has 0 radical (unpaired) electrons. The first-order valence-corrected chi connectivity index (χ1v) is 12.1. The van der Waals surface area contributed by atoms with E-state index < -0.39 is 29.0 Å². The summed E-state index contributed by atoms with van der Waals surface area (Å²) in [5, 5.41) is 9.88. The molecule has 2 aliphatic rings. The number of halogens is 1. The number of pyridine rings is 1. The molecule has 5 rings (SSSR count). The molecule has 3 aromatic rings. The maximum atomic E-state index is 15.0. The third-order valence-corrected chi connectivity index (χ3v) is 7.12. The van der Waals surface area contributed by atoms with Crippen LogP contribution in [0.1, 0.15) is 17.5 Å². The highest BCUT2D eigenvalue weighted by Gasteiger charge is 2.64. The van der Waals surface area contributed by atoms with Crippen molar-refractivity contribution in [2.24, 2.45) is 11.3 Å². The molecule has 1 aromatic heterocycles. The van der Waals surface area contributed by atoms with Crippen LogP contribution in [0.5, 0.6) is 5.75 Å². The number of carbonyl (C=O) groups is 2. The molecule has 2 aromatic carbocycles. The van der Waals surface area contributed by atoms with Gasteiger partial charge in [-0.05, 0) is 42.7 Å². The van der Waals surface area contributed by atoms with Crippen LogP contribution in [-0.2, 0) is 32.1 Å². The Bertz CT molecular complexity index is 1330. The average molecular weight is 510 g/mol. The molecule has 1 aliphatic heterocycles. The standard InChI is InChI=1S/C27H28FN3O6/c1-35-26(33)27(15-20(27)25(32)30-34)14-17-6-7-23(21(28)12-17)37-16-18-13-24(31-8-10-36-11-9-31)29-22-5-3-2-4-19(18)22/h2-7,12-13,20,34H,8-11,14-16H2,1H3,(H,30,32)/t20-,27+/m1/s1. The second kappa shape index (κ2) is 10.3. The Labute approximate surface area is 213 Å². The van der Waals surface area contributed by atoms with Crippen molar-refractivity contribution in [2.45, 2.75) is 19.4 Å². The predicted molar refractivity (Wildman–Crippen MR) is 132 cm³/mol. The summed E-state index contributed by atoms with van der Waals surface area (Å²) >= 11 is 0. The number of fused-ring (bicyclic) bond motifs is 1. The van der Waals surface area contributed by atoms with Gasteiger partial charge in [0.25, 0.3) is 0 Å². The number of amides is 1. The van der Waals surface area contributed by atoms with Gasteiger partial charge in [-0.2, -0.15) is 0 Å². The molecule has 1 amide bonds. The molecule has 1 saturated heterocycles. The Balaban J connectivity index is 1.34. The van der Waals surface area contributed by atoms with Gasteiger partial charge in [-0.15, -0.1) is 0 Å². The van der Waals surface area contributed by atoms with Crippen molar-refractivity contribution in [1.29, 1.82) is 0 Å². The van der Waals surface area contributed by atoms with Gasteiger partial charge < -0.3 is 19.1 Å². The van der Waals surface area contributed by atoms with Gasteiger partial charge in [-0.3, -0.25) is 14.8 Å². The fraction of sp³-hybridized carbons (Fsp3) is 0.370. The van der Waals surface area contributed by atoms with Gasteiger partial charge in [0, 0.05) is 24.0 Å². The molecule has 9 nitrogen and oxygen atoms in total. The van der Waals surface area contributed by atoms with Crippen LogP contribution in [0.15, 0.2) is 48.5 Å². The topological polar surface area (TPSA) is 110 Å². The van der Waals surface area contributed by atoms with Crippen LogP contribution in [0.3, 0.4) is 0 Å². The first-order chi connectivity index (χ1) is 17.9. The number of ether oxygens (including phenoxy) is 3. The third kappa shape index (κ3) is 4.94. The van der Waals surface area contributed by atoms with Crippen LogP contribution in [0.25, 0.3) is 10.9 Å². The van der Waals surface area contributed by atoms with E-state index in [-0.39, 0.29) is 25.2 Å². The maximum absolute atomic E-state index is 15.0. The highest BCUT2D eigenvalue weighted by Crippen LogP contribution is 2.55. The summed E-state index contributed by atoms with van der Waals surface area (Å²) in [5.41, 5.74) is 2.70. The summed E-state index contributed by atoms with van der Waals surface area (Å²) in [7, 11) is 1.24. The summed E-state index contributed by atoms with van der Waals surface area (Å²) < 4.78 is 31.2. The number of methoxy groups -OCH3 is 1. The van der Waals surface area contributed by atoms with Gasteiger partial charge in [0.1, 0.15) is 12.4 Å². The lowest BCUT2D eigenvalue weighted by atomic mass is 9.93. The van der Waals surface area contributed by atoms with E-state index in [4.69, 9.17) is 24.4 Å². The minimum Gasteiger partial charge on any atom is -0.486 e. The smallest absolute Gasteiger partial charge is 0.312 e. The van der Waals surface area contributed by atoms with Crippen molar-refractivity contribution >= 4 is 28.6 Å². The van der Waals surface area contributed by atoms with Crippen LogP contribution >= 0.6 is 0 Å². The van der Waals surface area contributed by atoms with Gasteiger partial charge in [-0.25, -0.2) is 14.9 Å². The maximum Gasteiger partial charge on any atom is 0.312 e. The van der Waals surface area contributed by atoms with Crippen molar-refractivity contribution in [1.82, 2.24) is 10.5 Å². The quantitative estimate of drug-likeness (QED) is 0.271. The van der Waals surface area contributed by atoms with E-state index in [1.54, 1.807) is 11.5 Å². The number of benzene rings is 2. The molecule has 0 unspecified atom stereocenters. The Kier molecular flexibility index (Phi) is 6.94. The Morgan fingerprint density at radius 1 is 1.22 bits per heavy atom. The highest BCUT2D eigenvalue weighted by molar-refractivity contribution is 5.93. The lowest BCUT2D eigenvalue weighted by molar-refractivity contribution is -0.149. The Morgan fingerprint density at radius 3 is 2.73 bits per heavy atom. The second-order valence-corrected chi connectivity index (χ2v) is 9.37. The summed E-state index contributed by atoms with van der Waals surface area (Å²) in [6, 6.07) is 14.2. The summed E-state index contributed by atoms with van der Waals surface area (Å²) in [6.45, 7) is 2.91. The number of hydroxylamine groups is 1. The van der Waals surface area contributed by atoms with E-state index in [9.17, 15) is 9.59 Å². The van der Waals surface area contributed by atoms with Crippen LogP contribution in [-0.4, -0.2) is 55.5 Å². The molecule has 1 aliphatic carbocycles. The van der Waals surface area contributed by atoms with E-state index in [1.807, 2.05) is 30.3 Å². The average Bonchev–Trinajstić information content (AvgIpc) is 3.67. The molecule has 10 heteroatoms. The van der Waals surface area contributed by atoms with E-state index in [0.717, 1.165) is 35.4 Å². The minimum absolute atomic E-state index is 0.0742. The molecule has 1 saturated carbocycles. The van der Waals surface area contributed by atoms with E-state index in [1.165, 1.54) is 19.2 Å². The van der Waals surface area contributed by atoms with E-state index in [0.29, 0.717) is 18.8 Å². The van der Waals surface area contributed by atoms with Crippen molar-refractivity contribution < 1.29 is 33.4 Å². The lowest BCUT2D eigenvalue weighted by Gasteiger charge is -2.28. The molecular formula is C27H28FN3O6. The summed E-state index contributed by atoms with van der Waals surface area (Å²) in [6.07, 6.45) is 0.319. The van der Waals surface area contributed by atoms with Crippen molar-refractivity contribution in [3.63, 3.8) is 0 Å². The summed E-state index contributed by atoms with van der Waals surface area (Å²) in [5.74, 6) is -1.63. The third-order valence-electron chi connectivity index (χ3n) is 7.12. The zero-order chi connectivity index (χ0) is 26.0. The van der Waals surface area contributed by atoms with Crippen LogP contribution < -0.4 is 15.1 Å². The van der Waals surface area contributed by atoms with E-state index in [2.05, 4.69) is 4.90 Å². The number of morpholine rings is 1. The van der Waals surface area contributed by atoms with Gasteiger partial charge in [0.15, 0.2) is 11.6 Å². The molecule has 0 spiro atoms. The Morgan fingerprint density at radius 2 is 2.00 bits per heavy atom. The number of nitrogens with one attached hydrogen (secondary N) is 1. The number of aromatic nitrogens is 1. The number of anilines is 1. The molecule has 2 heterocycles. The van der Waals surface area contributed by atoms with Crippen LogP contribution in [0.4, 0.5) is 10.2 Å². The van der Waals surface area contributed by atoms with Crippen LogP contribution in [0.2, 0.25) is 0 Å². The largest absolute Gasteiger partial charge is 0.486 e. The molecule has 2 atom stereocenters. The van der Waals surface area contributed by atoms with Gasteiger partial charge >= 0.3 is 5.97 Å². The van der Waals surface area contributed by atoms with Crippen molar-refractivity contribution in [2.75, 3.05) is 38.3 Å². The normalized spacial score (nSPS) is 20.9. The number of hydrogen-bond acceptors (Lipinski definition) is 8.